The van der Waals surface area contributed by atoms with E-state index in [-0.39, 0.29) is 11.8 Å². The van der Waals surface area contributed by atoms with Crippen LogP contribution in [0.4, 0.5) is 0 Å². The van der Waals surface area contributed by atoms with Crippen LogP contribution < -0.4 is 5.32 Å². The van der Waals surface area contributed by atoms with E-state index in [2.05, 4.69) is 5.32 Å². The van der Waals surface area contributed by atoms with Crippen molar-refractivity contribution in [3.05, 3.63) is 0 Å². The molecule has 0 aromatic rings. The highest BCUT2D eigenvalue weighted by atomic mass is 16.5. The fourth-order valence-electron chi connectivity index (χ4n) is 1.81. The quantitative estimate of drug-likeness (QED) is 0.518. The molecule has 0 aliphatic carbocycles. The topological polar surface area (TPSA) is 55.4 Å². The normalized spacial score (nSPS) is 35.7. The zero-order chi connectivity index (χ0) is 8.60. The zero-order valence-electron chi connectivity index (χ0n) is 6.76. The van der Waals surface area contributed by atoms with Crippen molar-refractivity contribution in [2.45, 2.75) is 31.3 Å². The Morgan fingerprint density at radius 1 is 1.33 bits per heavy atom. The summed E-state index contributed by atoms with van der Waals surface area (Å²) >= 11 is 0. The number of carbonyl (C=O) groups is 2. The maximum Gasteiger partial charge on any atom is 0.258 e. The second-order valence-electron chi connectivity index (χ2n) is 3.32. The molecule has 1 atom stereocenters. The van der Waals surface area contributed by atoms with E-state index in [9.17, 15) is 9.59 Å². The Morgan fingerprint density at radius 3 is 2.75 bits per heavy atom. The van der Waals surface area contributed by atoms with Crippen LogP contribution in [0.5, 0.6) is 0 Å². The lowest BCUT2D eigenvalue weighted by molar-refractivity contribution is -0.151. The molecule has 1 N–H and O–H groups in total. The molecule has 12 heavy (non-hydrogen) atoms. The molecule has 0 saturated carbocycles. The Kier molecular flexibility index (Phi) is 1.65. The molecule has 4 heteroatoms. The van der Waals surface area contributed by atoms with Crippen LogP contribution in [0.25, 0.3) is 0 Å². The standard InChI is InChI=1S/C8H11NO3/c10-6-2-4-8(7(11)9-6)3-1-5-12-8/h1-5H2,(H,9,10,11). The summed E-state index contributed by atoms with van der Waals surface area (Å²) in [6, 6.07) is 0. The average molecular weight is 169 g/mol. The Labute approximate surface area is 70.3 Å². The number of hydrogen-bond acceptors (Lipinski definition) is 3. The first-order valence-electron chi connectivity index (χ1n) is 4.21. The largest absolute Gasteiger partial charge is 0.365 e. The van der Waals surface area contributed by atoms with Crippen LogP contribution in [0.2, 0.25) is 0 Å². The summed E-state index contributed by atoms with van der Waals surface area (Å²) in [6.45, 7) is 0.640. The molecule has 2 aliphatic heterocycles. The first-order chi connectivity index (χ1) is 5.73. The summed E-state index contributed by atoms with van der Waals surface area (Å²) in [7, 11) is 0. The van der Waals surface area contributed by atoms with Crippen LogP contribution in [0, 0.1) is 0 Å². The average Bonchev–Trinajstić information content (AvgIpc) is 2.48. The van der Waals surface area contributed by atoms with Gasteiger partial charge < -0.3 is 4.74 Å². The van der Waals surface area contributed by atoms with Gasteiger partial charge in [0.1, 0.15) is 5.60 Å². The van der Waals surface area contributed by atoms with Gasteiger partial charge in [-0.2, -0.15) is 0 Å². The summed E-state index contributed by atoms with van der Waals surface area (Å²) in [5.74, 6) is -0.419. The van der Waals surface area contributed by atoms with Crippen LogP contribution >= 0.6 is 0 Å². The number of carbonyl (C=O) groups excluding carboxylic acids is 2. The van der Waals surface area contributed by atoms with Crippen molar-refractivity contribution in [3.63, 3.8) is 0 Å². The van der Waals surface area contributed by atoms with E-state index in [1.165, 1.54) is 0 Å². The maximum absolute atomic E-state index is 11.4. The van der Waals surface area contributed by atoms with Crippen molar-refractivity contribution in [1.82, 2.24) is 5.32 Å². The Balaban J connectivity index is 2.16. The number of nitrogens with one attached hydrogen (secondary N) is 1. The molecule has 66 valence electrons. The number of imide groups is 1. The minimum absolute atomic E-state index is 0.180. The molecule has 2 saturated heterocycles. The third-order valence-corrected chi connectivity index (χ3v) is 2.53. The summed E-state index contributed by atoms with van der Waals surface area (Å²) in [6.07, 6.45) is 2.64. The van der Waals surface area contributed by atoms with E-state index in [1.54, 1.807) is 0 Å². The second-order valence-corrected chi connectivity index (χ2v) is 3.32. The van der Waals surface area contributed by atoms with Crippen molar-refractivity contribution in [1.29, 1.82) is 0 Å². The van der Waals surface area contributed by atoms with Gasteiger partial charge in [-0.25, -0.2) is 0 Å². The summed E-state index contributed by atoms with van der Waals surface area (Å²) in [5, 5.41) is 2.31. The molecule has 0 aromatic heterocycles. The van der Waals surface area contributed by atoms with Gasteiger partial charge in [0.2, 0.25) is 5.91 Å². The van der Waals surface area contributed by atoms with E-state index < -0.39 is 5.60 Å². The lowest BCUT2D eigenvalue weighted by Crippen LogP contribution is -2.53. The lowest BCUT2D eigenvalue weighted by Gasteiger charge is -2.29. The minimum atomic E-state index is -0.659. The minimum Gasteiger partial charge on any atom is -0.365 e. The maximum atomic E-state index is 11.4. The van der Waals surface area contributed by atoms with Crippen LogP contribution in [0.1, 0.15) is 25.7 Å². The highest BCUT2D eigenvalue weighted by Gasteiger charge is 2.45. The van der Waals surface area contributed by atoms with Crippen LogP contribution in [-0.2, 0) is 14.3 Å². The van der Waals surface area contributed by atoms with Gasteiger partial charge in [0.05, 0.1) is 0 Å². The van der Waals surface area contributed by atoms with Crippen molar-refractivity contribution >= 4 is 11.8 Å². The molecule has 0 radical (unpaired) electrons. The van der Waals surface area contributed by atoms with E-state index in [0.717, 1.165) is 12.8 Å². The lowest BCUT2D eigenvalue weighted by atomic mass is 9.90. The van der Waals surface area contributed by atoms with Gasteiger partial charge in [0, 0.05) is 13.0 Å². The van der Waals surface area contributed by atoms with Crippen molar-refractivity contribution < 1.29 is 14.3 Å². The number of amides is 2. The van der Waals surface area contributed by atoms with Crippen LogP contribution in [-0.4, -0.2) is 24.0 Å². The predicted molar refractivity (Wildman–Crippen MR) is 40.3 cm³/mol. The molecule has 0 bridgehead atoms. The summed E-state index contributed by atoms with van der Waals surface area (Å²) in [4.78, 5) is 22.2. The van der Waals surface area contributed by atoms with Gasteiger partial charge in [-0.15, -0.1) is 0 Å². The molecule has 1 unspecified atom stereocenters. The third-order valence-electron chi connectivity index (χ3n) is 2.53. The summed E-state index contributed by atoms with van der Waals surface area (Å²) in [5.41, 5.74) is -0.659. The van der Waals surface area contributed by atoms with E-state index >= 15 is 0 Å². The zero-order valence-corrected chi connectivity index (χ0v) is 6.76. The number of rotatable bonds is 0. The Bertz CT molecular complexity index is 230. The fourth-order valence-corrected chi connectivity index (χ4v) is 1.81. The van der Waals surface area contributed by atoms with Gasteiger partial charge in [-0.1, -0.05) is 0 Å². The first kappa shape index (κ1) is 7.73. The van der Waals surface area contributed by atoms with Crippen LogP contribution in [0.3, 0.4) is 0 Å². The smallest absolute Gasteiger partial charge is 0.258 e. The molecular formula is C8H11NO3. The van der Waals surface area contributed by atoms with Gasteiger partial charge in [-0.05, 0) is 19.3 Å². The molecule has 0 aromatic carbocycles. The highest BCUT2D eigenvalue weighted by Crippen LogP contribution is 2.32. The molecule has 1 spiro atoms. The van der Waals surface area contributed by atoms with Crippen molar-refractivity contribution in [2.24, 2.45) is 0 Å². The van der Waals surface area contributed by atoms with Crippen molar-refractivity contribution in [2.75, 3.05) is 6.61 Å². The molecule has 2 heterocycles. The molecule has 2 fully saturated rings. The SMILES string of the molecule is O=C1CCC2(CCCO2)C(=O)N1. The van der Waals surface area contributed by atoms with E-state index in [0.29, 0.717) is 19.4 Å². The second kappa shape index (κ2) is 2.55. The van der Waals surface area contributed by atoms with Gasteiger partial charge in [0.25, 0.3) is 5.91 Å². The summed E-state index contributed by atoms with van der Waals surface area (Å²) < 4.78 is 5.38. The molecule has 2 aliphatic rings. The fraction of sp³-hybridized carbons (Fsp3) is 0.750. The molecular weight excluding hydrogens is 158 g/mol. The molecule has 2 amide bonds. The number of piperidine rings is 1. The van der Waals surface area contributed by atoms with Gasteiger partial charge in [-0.3, -0.25) is 14.9 Å². The first-order valence-corrected chi connectivity index (χ1v) is 4.21. The Hall–Kier alpha value is -0.900. The molecule has 2 rings (SSSR count). The highest BCUT2D eigenvalue weighted by molar-refractivity contribution is 6.02. The van der Waals surface area contributed by atoms with E-state index in [1.807, 2.05) is 0 Å². The van der Waals surface area contributed by atoms with Crippen LogP contribution in [0.15, 0.2) is 0 Å². The van der Waals surface area contributed by atoms with Crippen molar-refractivity contribution in [3.8, 4) is 0 Å². The molecule has 4 nitrogen and oxygen atoms in total. The Morgan fingerprint density at radius 2 is 2.17 bits per heavy atom. The third kappa shape index (κ3) is 1.03. The monoisotopic (exact) mass is 169 g/mol. The van der Waals surface area contributed by atoms with Gasteiger partial charge >= 0.3 is 0 Å². The number of hydrogen-bond donors (Lipinski definition) is 1. The predicted octanol–water partition coefficient (Wildman–Crippen LogP) is -0.0278. The van der Waals surface area contributed by atoms with E-state index in [4.69, 9.17) is 4.74 Å². The van der Waals surface area contributed by atoms with Gasteiger partial charge in [0.15, 0.2) is 0 Å². The number of ether oxygens (including phenoxy) is 1.